The van der Waals surface area contributed by atoms with Gasteiger partial charge >= 0.3 is 5.97 Å². The van der Waals surface area contributed by atoms with Gasteiger partial charge in [-0.1, -0.05) is 11.3 Å². The maximum atomic E-state index is 11.4. The number of rotatable bonds is 8. The number of amides is 1. The molecule has 0 atom stereocenters. The normalized spacial score (nSPS) is 10.1. The fraction of sp³-hybridized carbons (Fsp3) is 0.455. The summed E-state index contributed by atoms with van der Waals surface area (Å²) < 4.78 is 4.78. The maximum absolute atomic E-state index is 11.4. The van der Waals surface area contributed by atoms with Gasteiger partial charge in [0.25, 0.3) is 0 Å². The van der Waals surface area contributed by atoms with Crippen molar-refractivity contribution < 1.29 is 24.2 Å². The third-order valence-corrected chi connectivity index (χ3v) is 3.29. The number of anilines is 1. The molecule has 1 aromatic rings. The average molecular weight is 301 g/mol. The Labute approximate surface area is 119 Å². The lowest BCUT2D eigenvalue weighted by atomic mass is 10.3. The Bertz CT molecular complexity index is 483. The number of carboxylic acids is 1. The molecule has 0 radical (unpaired) electrons. The first-order valence-corrected chi connectivity index (χ1v) is 6.52. The number of carboxylic acid groups (broad SMARTS) is 1. The minimum absolute atomic E-state index is 0.0554. The lowest BCUT2D eigenvalue weighted by Gasteiger charge is -2.04. The molecule has 9 heteroatoms. The molecule has 110 valence electrons. The highest BCUT2D eigenvalue weighted by Crippen LogP contribution is 2.23. The van der Waals surface area contributed by atoms with Crippen molar-refractivity contribution in [3.63, 3.8) is 0 Å². The molecule has 0 unspecified atom stereocenters. The Balaban J connectivity index is 2.60. The summed E-state index contributed by atoms with van der Waals surface area (Å²) in [5, 5.41) is 14.4. The molecule has 0 aliphatic carbocycles. The number of aromatic carboxylic acids is 1. The number of aromatic nitrogens is 1. The maximum Gasteiger partial charge on any atom is 0.356 e. The number of nitrogens with zero attached hydrogens (tertiary/aromatic N) is 1. The zero-order chi connectivity index (χ0) is 15.1. The summed E-state index contributed by atoms with van der Waals surface area (Å²) in [7, 11) is 1.52. The molecule has 3 N–H and O–H groups in total. The Kier molecular flexibility index (Phi) is 6.07. The number of Topliss-reactive ketones (excluding diaryl/α,β-unsaturated/α-hetero) is 1. The van der Waals surface area contributed by atoms with Crippen molar-refractivity contribution in [3.05, 3.63) is 10.6 Å². The predicted octanol–water partition coefficient (Wildman–Crippen LogP) is 0.218. The van der Waals surface area contributed by atoms with Gasteiger partial charge in [-0.2, -0.15) is 0 Å². The summed E-state index contributed by atoms with van der Waals surface area (Å²) in [5.41, 5.74) is -0.301. The largest absolute Gasteiger partial charge is 0.476 e. The molecule has 20 heavy (non-hydrogen) atoms. The van der Waals surface area contributed by atoms with Crippen molar-refractivity contribution in [2.24, 2.45) is 0 Å². The molecule has 0 fully saturated rings. The van der Waals surface area contributed by atoms with Gasteiger partial charge in [-0.25, -0.2) is 9.78 Å². The molecule has 1 aromatic heterocycles. The van der Waals surface area contributed by atoms with Crippen LogP contribution in [0.1, 0.15) is 27.1 Å². The van der Waals surface area contributed by atoms with Crippen molar-refractivity contribution in [2.45, 2.75) is 6.92 Å². The highest BCUT2D eigenvalue weighted by atomic mass is 32.1. The molecular formula is C11H15N3O5S. The number of hydrogen-bond donors (Lipinski definition) is 3. The van der Waals surface area contributed by atoms with Crippen molar-refractivity contribution in [1.29, 1.82) is 0 Å². The van der Waals surface area contributed by atoms with Crippen LogP contribution in [0, 0.1) is 0 Å². The number of ketones is 1. The molecule has 0 spiro atoms. The van der Waals surface area contributed by atoms with Gasteiger partial charge in [-0.3, -0.25) is 9.59 Å². The van der Waals surface area contributed by atoms with Gasteiger partial charge in [0, 0.05) is 20.6 Å². The Morgan fingerprint density at radius 1 is 1.40 bits per heavy atom. The van der Waals surface area contributed by atoms with Crippen LogP contribution in [0.3, 0.4) is 0 Å². The van der Waals surface area contributed by atoms with Crippen LogP contribution in [0.4, 0.5) is 5.13 Å². The van der Waals surface area contributed by atoms with Crippen LogP contribution < -0.4 is 10.6 Å². The fourth-order valence-corrected chi connectivity index (χ4v) is 2.14. The van der Waals surface area contributed by atoms with E-state index in [4.69, 9.17) is 9.84 Å². The standard InChI is InChI=1S/C11H15N3O5S/c1-6(15)9-8(10(17)18)14-11(20-9)13-5-7(16)12-3-4-19-2/h3-5H2,1-2H3,(H,12,16)(H,13,14)(H,17,18). The summed E-state index contributed by atoms with van der Waals surface area (Å²) in [6.45, 7) is 1.99. The zero-order valence-corrected chi connectivity index (χ0v) is 11.9. The molecule has 0 aliphatic heterocycles. The van der Waals surface area contributed by atoms with E-state index in [0.29, 0.717) is 13.2 Å². The first-order valence-electron chi connectivity index (χ1n) is 5.70. The molecular weight excluding hydrogens is 286 g/mol. The lowest BCUT2D eigenvalue weighted by molar-refractivity contribution is -0.119. The van der Waals surface area contributed by atoms with E-state index in [2.05, 4.69) is 15.6 Å². The Morgan fingerprint density at radius 2 is 2.10 bits per heavy atom. The average Bonchev–Trinajstić information content (AvgIpc) is 2.81. The molecule has 0 aromatic carbocycles. The van der Waals surface area contributed by atoms with Crippen LogP contribution >= 0.6 is 11.3 Å². The number of carbonyl (C=O) groups excluding carboxylic acids is 2. The molecule has 0 saturated carbocycles. The summed E-state index contributed by atoms with van der Waals surface area (Å²) >= 11 is 0.909. The van der Waals surface area contributed by atoms with E-state index in [1.165, 1.54) is 14.0 Å². The van der Waals surface area contributed by atoms with Crippen LogP contribution in [0.25, 0.3) is 0 Å². The first kappa shape index (κ1) is 16.1. The Morgan fingerprint density at radius 3 is 2.60 bits per heavy atom. The number of methoxy groups -OCH3 is 1. The number of thiazole rings is 1. The van der Waals surface area contributed by atoms with Gasteiger partial charge in [-0.15, -0.1) is 0 Å². The first-order chi connectivity index (χ1) is 9.45. The van der Waals surface area contributed by atoms with Gasteiger partial charge in [0.15, 0.2) is 16.6 Å². The molecule has 8 nitrogen and oxygen atoms in total. The Hall–Kier alpha value is -2.00. The molecule has 0 saturated heterocycles. The second kappa shape index (κ2) is 7.56. The van der Waals surface area contributed by atoms with Crippen LogP contribution in [0.2, 0.25) is 0 Å². The molecule has 0 aliphatic rings. The minimum Gasteiger partial charge on any atom is -0.476 e. The van der Waals surface area contributed by atoms with Gasteiger partial charge in [-0.05, 0) is 0 Å². The van der Waals surface area contributed by atoms with Gasteiger partial charge in [0.1, 0.15) is 4.88 Å². The van der Waals surface area contributed by atoms with Crippen molar-refractivity contribution in [1.82, 2.24) is 10.3 Å². The van der Waals surface area contributed by atoms with Gasteiger partial charge in [0.05, 0.1) is 13.2 Å². The molecule has 1 rings (SSSR count). The number of nitrogens with one attached hydrogen (secondary N) is 2. The SMILES string of the molecule is COCCNC(=O)CNc1nc(C(=O)O)c(C(C)=O)s1. The molecule has 1 heterocycles. The second-order valence-corrected chi connectivity index (χ2v) is 4.75. The van der Waals surface area contributed by atoms with Crippen molar-refractivity contribution in [2.75, 3.05) is 32.1 Å². The predicted molar refractivity (Wildman–Crippen MR) is 72.5 cm³/mol. The van der Waals surface area contributed by atoms with Crippen LogP contribution in [0.15, 0.2) is 0 Å². The highest BCUT2D eigenvalue weighted by molar-refractivity contribution is 7.17. The lowest BCUT2D eigenvalue weighted by Crippen LogP contribution is -2.32. The number of hydrogen-bond acceptors (Lipinski definition) is 7. The zero-order valence-electron chi connectivity index (χ0n) is 11.1. The quantitative estimate of drug-likeness (QED) is 0.464. The number of ether oxygens (including phenoxy) is 1. The van der Waals surface area contributed by atoms with E-state index < -0.39 is 5.97 Å². The summed E-state index contributed by atoms with van der Waals surface area (Å²) in [5.74, 6) is -1.93. The fourth-order valence-electron chi connectivity index (χ4n) is 1.29. The monoisotopic (exact) mass is 301 g/mol. The van der Waals surface area contributed by atoms with Crippen LogP contribution in [0.5, 0.6) is 0 Å². The van der Waals surface area contributed by atoms with E-state index in [1.807, 2.05) is 0 Å². The molecule has 1 amide bonds. The minimum atomic E-state index is -1.27. The van der Waals surface area contributed by atoms with Gasteiger partial charge in [0.2, 0.25) is 5.91 Å². The van der Waals surface area contributed by atoms with E-state index in [1.54, 1.807) is 0 Å². The van der Waals surface area contributed by atoms with Crippen molar-refractivity contribution >= 4 is 34.1 Å². The molecule has 0 bridgehead atoms. The second-order valence-electron chi connectivity index (χ2n) is 3.75. The smallest absolute Gasteiger partial charge is 0.356 e. The van der Waals surface area contributed by atoms with Gasteiger partial charge < -0.3 is 20.5 Å². The van der Waals surface area contributed by atoms with Crippen LogP contribution in [-0.2, 0) is 9.53 Å². The summed E-state index contributed by atoms with van der Waals surface area (Å²) in [6, 6.07) is 0. The third kappa shape index (κ3) is 4.59. The third-order valence-electron chi connectivity index (χ3n) is 2.18. The van der Waals surface area contributed by atoms with E-state index in [0.717, 1.165) is 11.3 Å². The summed E-state index contributed by atoms with van der Waals surface area (Å²) in [4.78, 5) is 37.5. The summed E-state index contributed by atoms with van der Waals surface area (Å²) in [6.07, 6.45) is 0. The van der Waals surface area contributed by atoms with Crippen LogP contribution in [-0.4, -0.2) is 54.6 Å². The van der Waals surface area contributed by atoms with Crippen molar-refractivity contribution in [3.8, 4) is 0 Å². The van der Waals surface area contributed by atoms with E-state index in [9.17, 15) is 14.4 Å². The number of carbonyl (C=O) groups is 3. The van der Waals surface area contributed by atoms with E-state index >= 15 is 0 Å². The topological polar surface area (TPSA) is 118 Å². The van der Waals surface area contributed by atoms with E-state index in [-0.39, 0.29) is 33.9 Å². The highest BCUT2D eigenvalue weighted by Gasteiger charge is 2.20.